The van der Waals surface area contributed by atoms with Crippen molar-refractivity contribution >= 4 is 51.5 Å². The van der Waals surface area contributed by atoms with Gasteiger partial charge in [0.25, 0.3) is 5.91 Å². The molecule has 1 aliphatic heterocycles. The van der Waals surface area contributed by atoms with E-state index in [1.54, 1.807) is 5.38 Å². The summed E-state index contributed by atoms with van der Waals surface area (Å²) in [5.41, 5.74) is 6.00. The lowest BCUT2D eigenvalue weighted by atomic mass is 10.2. The predicted octanol–water partition coefficient (Wildman–Crippen LogP) is 0.181. The Morgan fingerprint density at radius 1 is 1.61 bits per heavy atom. The number of thioether (sulfide) groups is 1. The first kappa shape index (κ1) is 17.2. The highest BCUT2D eigenvalue weighted by Crippen LogP contribution is 2.19. The number of hydrogen-bond donors (Lipinski definition) is 3. The van der Waals surface area contributed by atoms with E-state index >= 15 is 0 Å². The molecule has 0 saturated carbocycles. The van der Waals surface area contributed by atoms with Crippen molar-refractivity contribution in [2.75, 3.05) is 25.1 Å². The molecule has 0 aliphatic carbocycles. The van der Waals surface area contributed by atoms with Crippen molar-refractivity contribution in [3.8, 4) is 0 Å². The summed E-state index contributed by atoms with van der Waals surface area (Å²) in [6.45, 7) is 0.183. The van der Waals surface area contributed by atoms with Gasteiger partial charge >= 0.3 is 5.97 Å². The maximum atomic E-state index is 12.2. The van der Waals surface area contributed by atoms with Crippen LogP contribution in [0.5, 0.6) is 0 Å². The second-order valence-corrected chi connectivity index (χ2v) is 6.54. The van der Waals surface area contributed by atoms with E-state index < -0.39 is 11.9 Å². The van der Waals surface area contributed by atoms with E-state index in [0.717, 1.165) is 0 Å². The number of nitrogens with two attached hydrogens (primary N) is 1. The number of anilines is 1. The summed E-state index contributed by atoms with van der Waals surface area (Å²) in [6.07, 6.45) is 0.416. The maximum Gasteiger partial charge on any atom is 0.349 e. The third-order valence-corrected chi connectivity index (χ3v) is 4.57. The van der Waals surface area contributed by atoms with Gasteiger partial charge in [-0.1, -0.05) is 5.16 Å². The lowest BCUT2D eigenvalue weighted by molar-refractivity contribution is -0.129. The van der Waals surface area contributed by atoms with Crippen molar-refractivity contribution in [2.24, 2.45) is 10.1 Å². The summed E-state index contributed by atoms with van der Waals surface area (Å²) in [5.74, 6) is -0.871. The minimum Gasteiger partial charge on any atom is -0.477 e. The molecule has 4 N–H and O–H groups in total. The Bertz CT molecular complexity index is 658. The zero-order valence-electron chi connectivity index (χ0n) is 12.2. The lowest BCUT2D eigenvalue weighted by Crippen LogP contribution is -2.37. The molecular weight excluding hydrogens is 342 g/mol. The number of carboxylic acids is 1. The molecule has 124 valence electrons. The summed E-state index contributed by atoms with van der Waals surface area (Å²) in [7, 11) is 1.32. The molecule has 0 fully saturated rings. The predicted molar refractivity (Wildman–Crippen MR) is 89.0 cm³/mol. The fourth-order valence-corrected chi connectivity index (χ4v) is 3.32. The number of thiazole rings is 1. The van der Waals surface area contributed by atoms with Crippen LogP contribution in [-0.4, -0.2) is 58.2 Å². The SMILES string of the molecule is CO/N=C(\C(=O)NCC1N=C(C(=O)O)CCS1)c1csc(N)n1. The molecule has 1 aliphatic rings. The van der Waals surface area contributed by atoms with Crippen molar-refractivity contribution in [1.82, 2.24) is 10.3 Å². The topological polar surface area (TPSA) is 139 Å². The van der Waals surface area contributed by atoms with Crippen LogP contribution in [0.1, 0.15) is 12.1 Å². The number of aliphatic imine (C=N–C) groups is 1. The fraction of sp³-hybridized carbons (Fsp3) is 0.417. The first-order valence-electron chi connectivity index (χ1n) is 6.53. The Morgan fingerprint density at radius 2 is 2.39 bits per heavy atom. The van der Waals surface area contributed by atoms with E-state index in [1.807, 2.05) is 0 Å². The molecule has 11 heteroatoms. The number of oxime groups is 1. The number of amides is 1. The third-order valence-electron chi connectivity index (χ3n) is 2.80. The molecule has 2 heterocycles. The second kappa shape index (κ2) is 7.92. The fourth-order valence-electron chi connectivity index (χ4n) is 1.79. The van der Waals surface area contributed by atoms with Gasteiger partial charge in [0.05, 0.1) is 0 Å². The third kappa shape index (κ3) is 4.66. The minimum atomic E-state index is -1.03. The summed E-state index contributed by atoms with van der Waals surface area (Å²) in [5, 5.41) is 16.9. The molecule has 1 amide bonds. The van der Waals surface area contributed by atoms with Crippen LogP contribution < -0.4 is 11.1 Å². The number of carbonyl (C=O) groups is 2. The first-order valence-corrected chi connectivity index (χ1v) is 8.46. The number of carbonyl (C=O) groups excluding carboxylic acids is 1. The number of aromatic nitrogens is 1. The van der Waals surface area contributed by atoms with Crippen molar-refractivity contribution in [1.29, 1.82) is 0 Å². The number of nitrogen functional groups attached to an aromatic ring is 1. The summed E-state index contributed by atoms with van der Waals surface area (Å²) >= 11 is 2.67. The van der Waals surface area contributed by atoms with Gasteiger partial charge in [-0.25, -0.2) is 9.78 Å². The van der Waals surface area contributed by atoms with Crippen molar-refractivity contribution in [2.45, 2.75) is 11.8 Å². The molecule has 1 atom stereocenters. The van der Waals surface area contributed by atoms with Gasteiger partial charge in [0, 0.05) is 24.1 Å². The van der Waals surface area contributed by atoms with Gasteiger partial charge < -0.3 is 21.0 Å². The maximum absolute atomic E-state index is 12.2. The molecule has 2 rings (SSSR count). The zero-order valence-corrected chi connectivity index (χ0v) is 13.8. The first-order chi connectivity index (χ1) is 11.0. The van der Waals surface area contributed by atoms with E-state index in [9.17, 15) is 9.59 Å². The van der Waals surface area contributed by atoms with E-state index in [2.05, 4.69) is 25.3 Å². The molecule has 0 saturated heterocycles. The average Bonchev–Trinajstić information content (AvgIpc) is 2.96. The van der Waals surface area contributed by atoms with Crippen molar-refractivity contribution in [3.05, 3.63) is 11.1 Å². The van der Waals surface area contributed by atoms with Crippen LogP contribution in [0, 0.1) is 0 Å². The number of carboxylic acid groups (broad SMARTS) is 1. The molecule has 23 heavy (non-hydrogen) atoms. The van der Waals surface area contributed by atoms with Crippen LogP contribution in [0.2, 0.25) is 0 Å². The average molecular weight is 357 g/mol. The zero-order chi connectivity index (χ0) is 16.8. The molecular formula is C12H15N5O4S2. The highest BCUT2D eigenvalue weighted by molar-refractivity contribution is 8.00. The Labute approximate surface area is 140 Å². The largest absolute Gasteiger partial charge is 0.477 e. The van der Waals surface area contributed by atoms with Crippen molar-refractivity contribution in [3.63, 3.8) is 0 Å². The molecule has 1 aromatic rings. The van der Waals surface area contributed by atoms with Crippen LogP contribution in [0.3, 0.4) is 0 Å². The molecule has 9 nitrogen and oxygen atoms in total. The van der Waals surface area contributed by atoms with Gasteiger partial charge in [-0.05, 0) is 0 Å². The highest BCUT2D eigenvalue weighted by atomic mass is 32.2. The van der Waals surface area contributed by atoms with Crippen LogP contribution in [0.25, 0.3) is 0 Å². The van der Waals surface area contributed by atoms with Gasteiger partial charge in [-0.15, -0.1) is 23.1 Å². The Balaban J connectivity index is 2.01. The lowest BCUT2D eigenvalue weighted by Gasteiger charge is -2.18. The van der Waals surface area contributed by atoms with Gasteiger partial charge in [-0.2, -0.15) is 0 Å². The normalized spacial score (nSPS) is 18.2. The van der Waals surface area contributed by atoms with E-state index in [4.69, 9.17) is 10.8 Å². The number of aliphatic carboxylic acids is 1. The minimum absolute atomic E-state index is 0.00342. The molecule has 1 aromatic heterocycles. The van der Waals surface area contributed by atoms with Gasteiger partial charge in [-0.3, -0.25) is 9.79 Å². The van der Waals surface area contributed by atoms with Crippen LogP contribution in [0.4, 0.5) is 5.13 Å². The number of hydrogen-bond acceptors (Lipinski definition) is 9. The molecule has 0 spiro atoms. The Hall–Kier alpha value is -2.14. The molecule has 0 bridgehead atoms. The monoisotopic (exact) mass is 357 g/mol. The second-order valence-electron chi connectivity index (χ2n) is 4.36. The molecule has 1 unspecified atom stereocenters. The molecule has 0 radical (unpaired) electrons. The molecule has 0 aromatic carbocycles. The van der Waals surface area contributed by atoms with Gasteiger partial charge in [0.1, 0.15) is 23.9 Å². The van der Waals surface area contributed by atoms with E-state index in [-0.39, 0.29) is 23.3 Å². The quantitative estimate of drug-likeness (QED) is 0.487. The number of nitrogens with zero attached hydrogens (tertiary/aromatic N) is 3. The van der Waals surface area contributed by atoms with Gasteiger partial charge in [0.15, 0.2) is 10.8 Å². The van der Waals surface area contributed by atoms with Crippen LogP contribution in [-0.2, 0) is 14.4 Å². The van der Waals surface area contributed by atoms with Gasteiger partial charge in [0.2, 0.25) is 0 Å². The Kier molecular flexibility index (Phi) is 5.93. The standard InChI is InChI=1S/C12H15N5O4S2/c1-21-17-9(7-5-23-12(13)16-7)10(18)14-4-8-15-6(11(19)20)2-3-22-8/h5,8H,2-4H2,1H3,(H2,13,16)(H,14,18)(H,19,20)/b17-9-. The Morgan fingerprint density at radius 3 is 3.00 bits per heavy atom. The number of nitrogens with one attached hydrogen (secondary N) is 1. The highest BCUT2D eigenvalue weighted by Gasteiger charge is 2.23. The summed E-state index contributed by atoms with van der Waals surface area (Å²) < 4.78 is 0. The number of rotatable bonds is 6. The van der Waals surface area contributed by atoms with Crippen LogP contribution in [0.15, 0.2) is 15.5 Å². The summed E-state index contributed by atoms with van der Waals surface area (Å²) in [4.78, 5) is 35.9. The van der Waals surface area contributed by atoms with Crippen LogP contribution >= 0.6 is 23.1 Å². The van der Waals surface area contributed by atoms with Crippen molar-refractivity contribution < 1.29 is 19.5 Å². The summed E-state index contributed by atoms with van der Waals surface area (Å²) in [6, 6.07) is 0. The smallest absolute Gasteiger partial charge is 0.349 e. The van der Waals surface area contributed by atoms with E-state index in [1.165, 1.54) is 30.2 Å². The van der Waals surface area contributed by atoms with E-state index in [0.29, 0.717) is 23.0 Å².